The quantitative estimate of drug-likeness (QED) is 0.467. The van der Waals surface area contributed by atoms with Crippen molar-refractivity contribution in [3.8, 4) is 0 Å². The molecule has 1 aliphatic carbocycles. The maximum Gasteiger partial charge on any atom is 0.347 e. The minimum absolute atomic E-state index is 0.163. The van der Waals surface area contributed by atoms with E-state index in [2.05, 4.69) is 5.16 Å². The van der Waals surface area contributed by atoms with Gasteiger partial charge in [0.2, 0.25) is 6.61 Å². The molecule has 0 aromatic rings. The van der Waals surface area contributed by atoms with Gasteiger partial charge in [-0.05, 0) is 26.2 Å². The van der Waals surface area contributed by atoms with Gasteiger partial charge in [-0.3, -0.25) is 4.79 Å². The van der Waals surface area contributed by atoms with Crippen LogP contribution in [0.4, 0.5) is 0 Å². The van der Waals surface area contributed by atoms with Gasteiger partial charge in [0.05, 0.1) is 5.92 Å². The molecule has 0 aliphatic heterocycles. The first-order valence-electron chi connectivity index (χ1n) is 6.16. The summed E-state index contributed by atoms with van der Waals surface area (Å²) in [7, 11) is 0. The Kier molecular flexibility index (Phi) is 4.22. The third-order valence-corrected chi connectivity index (χ3v) is 3.08. The number of nitrogens with zero attached hydrogens (tertiary/aromatic N) is 1. The summed E-state index contributed by atoms with van der Waals surface area (Å²) >= 11 is 0. The molecule has 0 unspecified atom stereocenters. The lowest BCUT2D eigenvalue weighted by Crippen LogP contribution is -2.26. The number of carboxylic acid groups (broad SMARTS) is 1. The Bertz CT molecular complexity index is 394. The van der Waals surface area contributed by atoms with Gasteiger partial charge in [0, 0.05) is 12.1 Å². The van der Waals surface area contributed by atoms with Crippen LogP contribution in [0.5, 0.6) is 0 Å². The first-order valence-corrected chi connectivity index (χ1v) is 6.16. The Morgan fingerprint density at radius 3 is 2.37 bits per heavy atom. The molecule has 0 heterocycles. The van der Waals surface area contributed by atoms with E-state index in [1.54, 1.807) is 20.8 Å². The van der Waals surface area contributed by atoms with Gasteiger partial charge in [0.15, 0.2) is 0 Å². The number of rotatable bonds is 5. The van der Waals surface area contributed by atoms with Crippen LogP contribution < -0.4 is 0 Å². The fourth-order valence-corrected chi connectivity index (χ4v) is 2.00. The highest BCUT2D eigenvalue weighted by molar-refractivity contribution is 5.84. The monoisotopic (exact) mass is 271 g/mol. The maximum atomic E-state index is 11.3. The van der Waals surface area contributed by atoms with E-state index in [0.29, 0.717) is 0 Å². The number of aliphatic carboxylic acids is 1. The van der Waals surface area contributed by atoms with E-state index in [4.69, 9.17) is 14.7 Å². The van der Waals surface area contributed by atoms with Crippen LogP contribution in [0.1, 0.15) is 34.6 Å². The molecule has 1 N–H and O–H groups in total. The molecule has 0 spiro atoms. The van der Waals surface area contributed by atoms with Crippen molar-refractivity contribution < 1.29 is 24.3 Å². The van der Waals surface area contributed by atoms with Crippen molar-refractivity contribution in [2.75, 3.05) is 6.61 Å². The van der Waals surface area contributed by atoms with Crippen LogP contribution in [0.2, 0.25) is 0 Å². The van der Waals surface area contributed by atoms with E-state index in [1.807, 2.05) is 13.8 Å². The highest BCUT2D eigenvalue weighted by Crippen LogP contribution is 2.57. The predicted molar refractivity (Wildman–Crippen MR) is 68.7 cm³/mol. The smallest absolute Gasteiger partial charge is 0.347 e. The second-order valence-corrected chi connectivity index (χ2v) is 6.28. The van der Waals surface area contributed by atoms with E-state index >= 15 is 0 Å². The fraction of sp³-hybridized carbons (Fsp3) is 0.769. The number of ether oxygens (including phenoxy) is 1. The van der Waals surface area contributed by atoms with Gasteiger partial charge in [0.25, 0.3) is 0 Å². The van der Waals surface area contributed by atoms with Crippen LogP contribution in [0.25, 0.3) is 0 Å². The van der Waals surface area contributed by atoms with E-state index in [1.165, 1.54) is 6.21 Å². The Morgan fingerprint density at radius 1 is 1.37 bits per heavy atom. The van der Waals surface area contributed by atoms with Crippen LogP contribution in [-0.4, -0.2) is 35.5 Å². The Morgan fingerprint density at radius 2 is 1.95 bits per heavy atom. The lowest BCUT2D eigenvalue weighted by molar-refractivity contribution is -0.160. The highest BCUT2D eigenvalue weighted by atomic mass is 16.7. The van der Waals surface area contributed by atoms with Crippen molar-refractivity contribution in [3.63, 3.8) is 0 Å². The molecule has 0 aromatic heterocycles. The normalized spacial score (nSPS) is 25.1. The topological polar surface area (TPSA) is 85.2 Å². The van der Waals surface area contributed by atoms with Crippen LogP contribution in [0, 0.1) is 17.3 Å². The molecule has 2 atom stereocenters. The largest absolute Gasteiger partial charge is 0.481 e. The van der Waals surface area contributed by atoms with Crippen molar-refractivity contribution in [1.29, 1.82) is 0 Å². The lowest BCUT2D eigenvalue weighted by atomic mass is 10.1. The van der Waals surface area contributed by atoms with Gasteiger partial charge in [0.1, 0.15) is 5.60 Å². The second-order valence-electron chi connectivity index (χ2n) is 6.28. The van der Waals surface area contributed by atoms with Crippen molar-refractivity contribution in [1.82, 2.24) is 0 Å². The first kappa shape index (κ1) is 15.5. The van der Waals surface area contributed by atoms with E-state index in [9.17, 15) is 9.59 Å². The molecule has 6 heteroatoms. The van der Waals surface area contributed by atoms with E-state index < -0.39 is 23.5 Å². The lowest BCUT2D eigenvalue weighted by Gasteiger charge is -2.18. The van der Waals surface area contributed by atoms with Crippen molar-refractivity contribution in [2.24, 2.45) is 22.4 Å². The fourth-order valence-electron chi connectivity index (χ4n) is 2.00. The molecule has 6 nitrogen and oxygen atoms in total. The minimum atomic E-state index is -0.839. The summed E-state index contributed by atoms with van der Waals surface area (Å²) in [6.45, 7) is 8.72. The molecule has 0 aromatic carbocycles. The first-order chi connectivity index (χ1) is 8.55. The van der Waals surface area contributed by atoms with Crippen LogP contribution in [0.3, 0.4) is 0 Å². The zero-order valence-corrected chi connectivity index (χ0v) is 12.0. The van der Waals surface area contributed by atoms with Crippen molar-refractivity contribution >= 4 is 18.2 Å². The van der Waals surface area contributed by atoms with Crippen molar-refractivity contribution in [2.45, 2.75) is 40.2 Å². The molecule has 0 amide bonds. The second kappa shape index (κ2) is 5.19. The summed E-state index contributed by atoms with van der Waals surface area (Å²) in [4.78, 5) is 27.0. The minimum Gasteiger partial charge on any atom is -0.481 e. The van der Waals surface area contributed by atoms with Gasteiger partial charge in [-0.2, -0.15) is 0 Å². The Balaban J connectivity index is 2.33. The zero-order chi connectivity index (χ0) is 14.8. The summed E-state index contributed by atoms with van der Waals surface area (Å²) < 4.78 is 5.03. The predicted octanol–water partition coefficient (Wildman–Crippen LogP) is 1.69. The van der Waals surface area contributed by atoms with Gasteiger partial charge in [-0.1, -0.05) is 19.0 Å². The molecule has 1 aliphatic rings. The number of hydrogen-bond donors (Lipinski definition) is 1. The molecule has 0 saturated heterocycles. The van der Waals surface area contributed by atoms with Crippen LogP contribution >= 0.6 is 0 Å². The van der Waals surface area contributed by atoms with Gasteiger partial charge in [-0.25, -0.2) is 4.79 Å². The van der Waals surface area contributed by atoms with Crippen LogP contribution in [0.15, 0.2) is 5.16 Å². The molecule has 0 bridgehead atoms. The molecule has 1 rings (SSSR count). The number of carbonyl (C=O) groups excluding carboxylic acids is 1. The molecule has 0 radical (unpaired) electrons. The Hall–Kier alpha value is -1.59. The summed E-state index contributed by atoms with van der Waals surface area (Å²) in [5.41, 5.74) is -0.873. The number of carboxylic acids is 1. The zero-order valence-electron chi connectivity index (χ0n) is 12.0. The summed E-state index contributed by atoms with van der Waals surface area (Å²) in [6, 6.07) is 0. The number of hydrogen-bond acceptors (Lipinski definition) is 5. The van der Waals surface area contributed by atoms with Gasteiger partial charge in [-0.15, -0.1) is 0 Å². The van der Waals surface area contributed by atoms with Gasteiger partial charge < -0.3 is 14.7 Å². The van der Waals surface area contributed by atoms with Crippen LogP contribution in [-0.2, 0) is 19.2 Å². The summed E-state index contributed by atoms with van der Waals surface area (Å²) in [5.74, 6) is -1.95. The third kappa shape index (κ3) is 4.22. The molecule has 108 valence electrons. The standard InChI is InChI=1S/C13H21NO5/c1-12(2,3)19-9(15)7-18-14-6-8-10(11(16)17)13(8,4)5/h6,8,10H,7H2,1-5H3,(H,16,17)/t8-,10-/m0/s1. The molecule has 1 fully saturated rings. The summed E-state index contributed by atoms with van der Waals surface area (Å²) in [5, 5.41) is 12.6. The van der Waals surface area contributed by atoms with Crippen molar-refractivity contribution in [3.05, 3.63) is 0 Å². The van der Waals surface area contributed by atoms with Gasteiger partial charge >= 0.3 is 11.9 Å². The highest BCUT2D eigenvalue weighted by Gasteiger charge is 2.61. The number of oxime groups is 1. The third-order valence-electron chi connectivity index (χ3n) is 3.08. The average Bonchev–Trinajstić information content (AvgIpc) is 2.72. The van der Waals surface area contributed by atoms with E-state index in [-0.39, 0.29) is 17.9 Å². The van der Waals surface area contributed by atoms with E-state index in [0.717, 1.165) is 0 Å². The number of carbonyl (C=O) groups is 2. The molecule has 1 saturated carbocycles. The molecular weight excluding hydrogens is 250 g/mol. The molecular formula is C13H21NO5. The molecule has 19 heavy (non-hydrogen) atoms. The number of esters is 1. The maximum absolute atomic E-state index is 11.3. The summed E-state index contributed by atoms with van der Waals surface area (Å²) in [6.07, 6.45) is 1.45. The Labute approximate surface area is 112 Å². The average molecular weight is 271 g/mol. The SMILES string of the molecule is CC(C)(C)OC(=O)CON=C[C@H]1[C@@H](C(=O)O)C1(C)C.